The first-order valence-corrected chi connectivity index (χ1v) is 7.95. The molecule has 0 unspecified atom stereocenters. The molecule has 1 aromatic heterocycles. The van der Waals surface area contributed by atoms with Gasteiger partial charge in [0.25, 0.3) is 0 Å². The Labute approximate surface area is 126 Å². The lowest BCUT2D eigenvalue weighted by atomic mass is 9.82. The largest absolute Gasteiger partial charge is 0.484 e. The van der Waals surface area contributed by atoms with Gasteiger partial charge >= 0.3 is 0 Å². The summed E-state index contributed by atoms with van der Waals surface area (Å²) in [4.78, 5) is 2.52. The Morgan fingerprint density at radius 3 is 2.52 bits per heavy atom. The van der Waals surface area contributed by atoms with Gasteiger partial charge in [0.05, 0.1) is 0 Å². The number of aromatic nitrogens is 1. The standard InChI is InChI=1S/C18H22N2O/c1-2-19-13-9-18(10-14-19)17(20-11-5-6-12-20)15-7-3-4-8-16(15)21-18/h3-8,11-12,17H,2,9-10,13-14H2,1H3/t17-/m0/s1. The summed E-state index contributed by atoms with van der Waals surface area (Å²) in [5.41, 5.74) is 1.26. The summed E-state index contributed by atoms with van der Waals surface area (Å²) in [6.45, 7) is 5.63. The minimum absolute atomic E-state index is 0.0750. The van der Waals surface area contributed by atoms with Crippen molar-refractivity contribution >= 4 is 0 Å². The van der Waals surface area contributed by atoms with Crippen LogP contribution in [0.1, 0.15) is 31.4 Å². The Bertz CT molecular complexity index is 612. The second-order valence-corrected chi connectivity index (χ2v) is 6.17. The molecule has 2 aliphatic rings. The molecule has 0 aliphatic carbocycles. The molecule has 2 aliphatic heterocycles. The summed E-state index contributed by atoms with van der Waals surface area (Å²) in [7, 11) is 0. The first kappa shape index (κ1) is 13.0. The Morgan fingerprint density at radius 2 is 1.81 bits per heavy atom. The molecule has 2 aromatic rings. The highest BCUT2D eigenvalue weighted by atomic mass is 16.5. The molecule has 1 aromatic carbocycles. The number of hydrogen-bond donors (Lipinski definition) is 0. The number of piperidine rings is 1. The van der Waals surface area contributed by atoms with Gasteiger partial charge in [-0.2, -0.15) is 0 Å². The molecule has 1 atom stereocenters. The lowest BCUT2D eigenvalue weighted by Gasteiger charge is -2.42. The third kappa shape index (κ3) is 1.99. The average molecular weight is 282 g/mol. The van der Waals surface area contributed by atoms with E-state index in [0.29, 0.717) is 6.04 Å². The predicted octanol–water partition coefficient (Wildman–Crippen LogP) is 3.32. The number of para-hydroxylation sites is 1. The van der Waals surface area contributed by atoms with Crippen LogP contribution in [0.3, 0.4) is 0 Å². The van der Waals surface area contributed by atoms with Crippen LogP contribution in [0.2, 0.25) is 0 Å². The van der Waals surface area contributed by atoms with Crippen molar-refractivity contribution in [2.75, 3.05) is 19.6 Å². The molecule has 1 saturated heterocycles. The molecule has 0 radical (unpaired) electrons. The van der Waals surface area contributed by atoms with E-state index in [1.165, 1.54) is 5.56 Å². The van der Waals surface area contributed by atoms with Gasteiger partial charge in [0, 0.05) is 43.9 Å². The van der Waals surface area contributed by atoms with E-state index in [9.17, 15) is 0 Å². The quantitative estimate of drug-likeness (QED) is 0.840. The fraction of sp³-hybridized carbons (Fsp3) is 0.444. The zero-order valence-electron chi connectivity index (χ0n) is 12.5. The van der Waals surface area contributed by atoms with E-state index >= 15 is 0 Å². The maximum Gasteiger partial charge on any atom is 0.136 e. The Balaban J connectivity index is 1.75. The lowest BCUT2D eigenvalue weighted by molar-refractivity contribution is -0.00564. The van der Waals surface area contributed by atoms with Crippen molar-refractivity contribution in [3.8, 4) is 5.75 Å². The Morgan fingerprint density at radius 1 is 1.10 bits per heavy atom. The summed E-state index contributed by atoms with van der Waals surface area (Å²) < 4.78 is 8.84. The van der Waals surface area contributed by atoms with Gasteiger partial charge in [-0.25, -0.2) is 0 Å². The molecule has 0 N–H and O–H groups in total. The smallest absolute Gasteiger partial charge is 0.136 e. The van der Waals surface area contributed by atoms with Gasteiger partial charge in [0.15, 0.2) is 0 Å². The first-order chi connectivity index (χ1) is 10.3. The van der Waals surface area contributed by atoms with Crippen molar-refractivity contribution in [2.45, 2.75) is 31.4 Å². The minimum atomic E-state index is -0.0750. The average Bonchev–Trinajstić information content (AvgIpc) is 3.13. The van der Waals surface area contributed by atoms with Crippen LogP contribution in [0.15, 0.2) is 48.8 Å². The van der Waals surface area contributed by atoms with E-state index < -0.39 is 0 Å². The van der Waals surface area contributed by atoms with E-state index in [2.05, 4.69) is 65.2 Å². The van der Waals surface area contributed by atoms with Gasteiger partial charge in [0.1, 0.15) is 17.4 Å². The molecular formula is C18H22N2O. The van der Waals surface area contributed by atoms with Gasteiger partial charge in [-0.1, -0.05) is 25.1 Å². The summed E-state index contributed by atoms with van der Waals surface area (Å²) in [6.07, 6.45) is 6.53. The zero-order valence-corrected chi connectivity index (χ0v) is 12.5. The van der Waals surface area contributed by atoms with Crippen molar-refractivity contribution in [3.63, 3.8) is 0 Å². The van der Waals surface area contributed by atoms with Gasteiger partial charge < -0.3 is 14.2 Å². The maximum atomic E-state index is 6.52. The maximum absolute atomic E-state index is 6.52. The number of rotatable bonds is 2. The van der Waals surface area contributed by atoms with Crippen molar-refractivity contribution in [2.24, 2.45) is 0 Å². The fourth-order valence-electron chi connectivity index (χ4n) is 3.93. The number of ether oxygens (including phenoxy) is 1. The second kappa shape index (κ2) is 4.92. The van der Waals surface area contributed by atoms with Crippen LogP contribution in [0.25, 0.3) is 0 Å². The minimum Gasteiger partial charge on any atom is -0.484 e. The molecule has 0 saturated carbocycles. The van der Waals surface area contributed by atoms with E-state index in [-0.39, 0.29) is 5.60 Å². The number of likely N-dealkylation sites (tertiary alicyclic amines) is 1. The molecule has 0 bridgehead atoms. The van der Waals surface area contributed by atoms with Crippen LogP contribution in [-0.2, 0) is 0 Å². The Kier molecular flexibility index (Phi) is 3.03. The van der Waals surface area contributed by atoms with Crippen LogP contribution in [0.4, 0.5) is 0 Å². The molecule has 3 heteroatoms. The number of benzene rings is 1. The van der Waals surface area contributed by atoms with Crippen LogP contribution < -0.4 is 4.74 Å². The Hall–Kier alpha value is -1.74. The van der Waals surface area contributed by atoms with Gasteiger partial charge in [0.2, 0.25) is 0 Å². The van der Waals surface area contributed by atoms with Crippen LogP contribution in [-0.4, -0.2) is 34.7 Å². The molecule has 4 rings (SSSR count). The van der Waals surface area contributed by atoms with Gasteiger partial charge in [-0.05, 0) is 24.7 Å². The number of hydrogen-bond acceptors (Lipinski definition) is 2. The van der Waals surface area contributed by atoms with Crippen molar-refractivity contribution in [3.05, 3.63) is 54.4 Å². The SMILES string of the molecule is CCN1CCC2(CC1)Oc1ccccc1[C@@H]2n1cccc1. The van der Waals surface area contributed by atoms with Gasteiger partial charge in [-0.15, -0.1) is 0 Å². The van der Waals surface area contributed by atoms with E-state index in [1.54, 1.807) is 0 Å². The highest BCUT2D eigenvalue weighted by Gasteiger charge is 2.50. The molecule has 110 valence electrons. The highest BCUT2D eigenvalue weighted by Crippen LogP contribution is 2.50. The normalized spacial score (nSPS) is 24.0. The van der Waals surface area contributed by atoms with E-state index in [1.807, 2.05) is 0 Å². The number of nitrogens with zero attached hydrogens (tertiary/aromatic N) is 2. The molecule has 3 heterocycles. The summed E-state index contributed by atoms with van der Waals surface area (Å²) in [5.74, 6) is 1.07. The third-order valence-electron chi connectivity index (χ3n) is 5.10. The predicted molar refractivity (Wildman–Crippen MR) is 83.7 cm³/mol. The van der Waals surface area contributed by atoms with Gasteiger partial charge in [-0.3, -0.25) is 0 Å². The summed E-state index contributed by atoms with van der Waals surface area (Å²) >= 11 is 0. The summed E-state index contributed by atoms with van der Waals surface area (Å²) in [5, 5.41) is 0. The van der Waals surface area contributed by atoms with Crippen molar-refractivity contribution < 1.29 is 4.74 Å². The van der Waals surface area contributed by atoms with Crippen LogP contribution in [0, 0.1) is 0 Å². The fourth-order valence-corrected chi connectivity index (χ4v) is 3.93. The topological polar surface area (TPSA) is 17.4 Å². The monoisotopic (exact) mass is 282 g/mol. The lowest BCUT2D eigenvalue weighted by Crippen LogP contribution is -2.50. The van der Waals surface area contributed by atoms with E-state index in [4.69, 9.17) is 4.74 Å². The van der Waals surface area contributed by atoms with Crippen molar-refractivity contribution in [1.29, 1.82) is 0 Å². The van der Waals surface area contributed by atoms with Crippen LogP contribution >= 0.6 is 0 Å². The van der Waals surface area contributed by atoms with Crippen LogP contribution in [0.5, 0.6) is 5.75 Å². The third-order valence-corrected chi connectivity index (χ3v) is 5.10. The summed E-state index contributed by atoms with van der Waals surface area (Å²) in [6, 6.07) is 13.1. The van der Waals surface area contributed by atoms with Crippen molar-refractivity contribution in [1.82, 2.24) is 9.47 Å². The highest BCUT2D eigenvalue weighted by molar-refractivity contribution is 5.43. The molecular weight excluding hydrogens is 260 g/mol. The van der Waals surface area contributed by atoms with E-state index in [0.717, 1.165) is 38.2 Å². The first-order valence-electron chi connectivity index (χ1n) is 7.95. The molecule has 21 heavy (non-hydrogen) atoms. The molecule has 3 nitrogen and oxygen atoms in total. The molecule has 0 amide bonds. The zero-order chi connectivity index (χ0) is 14.3. The molecule has 1 spiro atoms. The number of fused-ring (bicyclic) bond motifs is 1. The second-order valence-electron chi connectivity index (χ2n) is 6.17. The molecule has 1 fully saturated rings.